The Morgan fingerprint density at radius 3 is 2.14 bits per heavy atom. The molecule has 0 heterocycles. The topological polar surface area (TPSA) is 38.3 Å². The highest BCUT2D eigenvalue weighted by molar-refractivity contribution is 7.68. The highest BCUT2D eigenvalue weighted by Crippen LogP contribution is 2.59. The largest absolute Gasteiger partial charge is 0.370 e. The lowest BCUT2D eigenvalue weighted by atomic mass is 10.1. The molecule has 0 amide bonds. The maximum Gasteiger partial charge on any atom is 0.258 e. The number of para-hydroxylation sites is 1. The van der Waals surface area contributed by atoms with Gasteiger partial charge in [-0.1, -0.05) is 84.9 Å². The maximum absolute atomic E-state index is 14.6. The van der Waals surface area contributed by atoms with Crippen molar-refractivity contribution in [1.82, 2.24) is 0 Å². The van der Waals surface area contributed by atoms with Gasteiger partial charge in [-0.2, -0.15) is 0 Å². The van der Waals surface area contributed by atoms with Crippen LogP contribution in [0.3, 0.4) is 0 Å². The van der Waals surface area contributed by atoms with E-state index in [1.807, 2.05) is 110 Å². The molecule has 0 bridgehead atoms. The summed E-state index contributed by atoms with van der Waals surface area (Å²) in [6, 6.07) is 33.7. The van der Waals surface area contributed by atoms with Gasteiger partial charge in [0.25, 0.3) is 7.37 Å². The lowest BCUT2D eigenvalue weighted by molar-refractivity contribution is 0.335. The molecule has 2 atom stereocenters. The van der Waals surface area contributed by atoms with Crippen LogP contribution in [-0.2, 0) is 9.09 Å². The van der Waals surface area contributed by atoms with Crippen LogP contribution in [0.15, 0.2) is 103 Å². The van der Waals surface area contributed by atoms with Crippen LogP contribution in [0.4, 0.5) is 5.69 Å². The Kier molecular flexibility index (Phi) is 5.80. The normalized spacial score (nSPS) is 14.2. The van der Waals surface area contributed by atoms with Crippen molar-refractivity contribution >= 4 is 29.1 Å². The van der Waals surface area contributed by atoms with Gasteiger partial charge in [0.05, 0.1) is 6.61 Å². The van der Waals surface area contributed by atoms with Crippen molar-refractivity contribution < 1.29 is 9.09 Å². The molecule has 0 spiro atoms. The highest BCUT2D eigenvalue weighted by Gasteiger charge is 2.38. The second-order valence-corrected chi connectivity index (χ2v) is 9.29. The fraction of sp³-hybridized carbons (Fsp3) is 0.120. The average molecular weight is 401 g/mol. The number of rotatable bonds is 7. The quantitative estimate of drug-likeness (QED) is 0.355. The van der Waals surface area contributed by atoms with Crippen molar-refractivity contribution in [2.24, 2.45) is 0 Å². The predicted molar refractivity (Wildman–Crippen MR) is 122 cm³/mol. The molecular formula is C25H24NO2P. The zero-order chi connectivity index (χ0) is 20.1. The first-order valence-corrected chi connectivity index (χ1v) is 11.5. The molecule has 146 valence electrons. The van der Waals surface area contributed by atoms with Crippen LogP contribution in [0.1, 0.15) is 18.3 Å². The van der Waals surface area contributed by atoms with E-state index in [1.165, 1.54) is 0 Å². The summed E-state index contributed by atoms with van der Waals surface area (Å²) in [6.45, 7) is 2.25. The molecule has 1 N–H and O–H groups in total. The van der Waals surface area contributed by atoms with E-state index in [0.29, 0.717) is 6.61 Å². The summed E-state index contributed by atoms with van der Waals surface area (Å²) >= 11 is 0. The summed E-state index contributed by atoms with van der Waals surface area (Å²) in [5.41, 5.74) is 1.84. The van der Waals surface area contributed by atoms with Gasteiger partial charge in [0.2, 0.25) is 0 Å². The molecule has 0 aliphatic rings. The molecule has 0 fully saturated rings. The lowest BCUT2D eigenvalue weighted by Gasteiger charge is -2.30. The molecule has 0 aliphatic heterocycles. The number of fused-ring (bicyclic) bond motifs is 1. The second kappa shape index (κ2) is 8.65. The Morgan fingerprint density at radius 1 is 0.793 bits per heavy atom. The van der Waals surface area contributed by atoms with Crippen molar-refractivity contribution in [1.29, 1.82) is 0 Å². The first-order valence-electron chi connectivity index (χ1n) is 9.81. The molecule has 29 heavy (non-hydrogen) atoms. The predicted octanol–water partition coefficient (Wildman–Crippen LogP) is 6.59. The summed E-state index contributed by atoms with van der Waals surface area (Å²) in [5.74, 6) is -0.503. The SMILES string of the molecule is CCO[P@@](=O)(c1cccc2ccccc12)[C@@H](Nc1ccccc1)c1ccccc1. The Labute approximate surface area is 171 Å². The summed E-state index contributed by atoms with van der Waals surface area (Å²) in [7, 11) is -3.33. The Hall–Kier alpha value is -2.87. The highest BCUT2D eigenvalue weighted by atomic mass is 31.2. The second-order valence-electron chi connectivity index (χ2n) is 6.84. The molecule has 0 saturated heterocycles. The van der Waals surface area contributed by atoms with Crippen molar-refractivity contribution in [3.63, 3.8) is 0 Å². The van der Waals surface area contributed by atoms with E-state index >= 15 is 0 Å². The van der Waals surface area contributed by atoms with Crippen molar-refractivity contribution in [2.45, 2.75) is 12.7 Å². The number of benzene rings is 4. The third-order valence-corrected chi connectivity index (χ3v) is 7.77. The van der Waals surface area contributed by atoms with E-state index in [1.54, 1.807) is 0 Å². The van der Waals surface area contributed by atoms with E-state index in [-0.39, 0.29) is 0 Å². The van der Waals surface area contributed by atoms with E-state index in [2.05, 4.69) is 5.32 Å². The van der Waals surface area contributed by atoms with E-state index in [0.717, 1.165) is 27.3 Å². The van der Waals surface area contributed by atoms with Crippen LogP contribution >= 0.6 is 7.37 Å². The molecular weight excluding hydrogens is 377 g/mol. The monoisotopic (exact) mass is 401 g/mol. The fourth-order valence-electron chi connectivity index (χ4n) is 3.65. The zero-order valence-electron chi connectivity index (χ0n) is 16.4. The molecule has 0 radical (unpaired) electrons. The van der Waals surface area contributed by atoms with Gasteiger partial charge in [0.15, 0.2) is 0 Å². The van der Waals surface area contributed by atoms with Crippen LogP contribution in [-0.4, -0.2) is 6.61 Å². The summed E-state index contributed by atoms with van der Waals surface area (Å²) in [6.07, 6.45) is 0. The fourth-order valence-corrected chi connectivity index (χ4v) is 6.31. The van der Waals surface area contributed by atoms with Crippen LogP contribution in [0.5, 0.6) is 0 Å². The van der Waals surface area contributed by atoms with Gasteiger partial charge >= 0.3 is 0 Å². The summed E-state index contributed by atoms with van der Waals surface area (Å²) in [5, 5.41) is 6.25. The Morgan fingerprint density at radius 2 is 1.41 bits per heavy atom. The molecule has 0 aromatic heterocycles. The molecule has 4 aromatic rings. The first kappa shape index (κ1) is 19.4. The summed E-state index contributed by atoms with van der Waals surface area (Å²) in [4.78, 5) is 0. The van der Waals surface area contributed by atoms with Gasteiger partial charge in [0, 0.05) is 11.0 Å². The third-order valence-electron chi connectivity index (χ3n) is 4.96. The number of hydrogen-bond acceptors (Lipinski definition) is 3. The van der Waals surface area contributed by atoms with E-state index in [9.17, 15) is 4.57 Å². The minimum Gasteiger partial charge on any atom is -0.370 e. The molecule has 4 heteroatoms. The standard InChI is InChI=1S/C25H24NO2P/c1-2-28-29(27,24-19-11-15-20-12-9-10-18-23(20)24)25(21-13-5-3-6-14-21)26-22-16-7-4-8-17-22/h3-19,25-26H,2H2,1H3/t25-,29+/m1/s1. The smallest absolute Gasteiger partial charge is 0.258 e. The van der Waals surface area contributed by atoms with Crippen molar-refractivity contribution in [3.05, 3.63) is 109 Å². The summed E-state index contributed by atoms with van der Waals surface area (Å²) < 4.78 is 20.8. The van der Waals surface area contributed by atoms with Gasteiger partial charge in [-0.25, -0.2) is 0 Å². The molecule has 0 saturated carbocycles. The Balaban J connectivity index is 1.91. The number of hydrogen-bond donors (Lipinski definition) is 1. The number of anilines is 1. The van der Waals surface area contributed by atoms with Crippen LogP contribution in [0.25, 0.3) is 10.8 Å². The zero-order valence-corrected chi connectivity index (χ0v) is 17.3. The third kappa shape index (κ3) is 3.98. The average Bonchev–Trinajstić information content (AvgIpc) is 2.78. The molecule has 3 nitrogen and oxygen atoms in total. The van der Waals surface area contributed by atoms with Gasteiger partial charge in [-0.05, 0) is 41.5 Å². The van der Waals surface area contributed by atoms with Gasteiger partial charge < -0.3 is 9.84 Å². The molecule has 0 unspecified atom stereocenters. The lowest BCUT2D eigenvalue weighted by Crippen LogP contribution is -2.21. The van der Waals surface area contributed by atoms with Crippen LogP contribution in [0.2, 0.25) is 0 Å². The first-order chi connectivity index (χ1) is 14.2. The molecule has 0 aliphatic carbocycles. The maximum atomic E-state index is 14.6. The van der Waals surface area contributed by atoms with Crippen LogP contribution < -0.4 is 10.6 Å². The molecule has 4 rings (SSSR count). The van der Waals surface area contributed by atoms with Gasteiger partial charge in [-0.3, -0.25) is 4.57 Å². The van der Waals surface area contributed by atoms with Crippen LogP contribution in [0, 0.1) is 0 Å². The molecule has 4 aromatic carbocycles. The Bertz CT molecular complexity index is 1120. The minimum atomic E-state index is -3.33. The minimum absolute atomic E-state index is 0.361. The van der Waals surface area contributed by atoms with Crippen molar-refractivity contribution in [3.8, 4) is 0 Å². The van der Waals surface area contributed by atoms with Gasteiger partial charge in [0.1, 0.15) is 5.78 Å². The van der Waals surface area contributed by atoms with Crippen molar-refractivity contribution in [2.75, 3.05) is 11.9 Å². The number of nitrogens with one attached hydrogen (secondary N) is 1. The van der Waals surface area contributed by atoms with Gasteiger partial charge in [-0.15, -0.1) is 0 Å². The van der Waals surface area contributed by atoms with E-state index < -0.39 is 13.2 Å². The van der Waals surface area contributed by atoms with E-state index in [4.69, 9.17) is 4.52 Å².